The number of carbonyl (C=O) groups excluding carboxylic acids is 2. The molecule has 5 nitrogen and oxygen atoms in total. The molecular formula is C16H20N2O3. The van der Waals surface area contributed by atoms with E-state index in [1.807, 2.05) is 32.0 Å². The molecule has 2 aliphatic rings. The van der Waals surface area contributed by atoms with Crippen LogP contribution in [0.3, 0.4) is 0 Å². The van der Waals surface area contributed by atoms with E-state index in [4.69, 9.17) is 4.74 Å². The summed E-state index contributed by atoms with van der Waals surface area (Å²) in [5.41, 5.74) is 0.657. The molecule has 21 heavy (non-hydrogen) atoms. The smallest absolute Gasteiger partial charge is 0.251 e. The first kappa shape index (κ1) is 14.2. The maximum atomic E-state index is 12.7. The number of imide groups is 1. The van der Waals surface area contributed by atoms with E-state index in [9.17, 15) is 9.59 Å². The van der Waals surface area contributed by atoms with Crippen LogP contribution in [0, 0.1) is 0 Å². The third-order valence-electron chi connectivity index (χ3n) is 4.03. The van der Waals surface area contributed by atoms with Crippen molar-refractivity contribution in [2.24, 2.45) is 0 Å². The number of hydrogen-bond acceptors (Lipinski definition) is 4. The monoisotopic (exact) mass is 288 g/mol. The second kappa shape index (κ2) is 5.58. The van der Waals surface area contributed by atoms with Crippen molar-refractivity contribution >= 4 is 17.5 Å². The molecular weight excluding hydrogens is 268 g/mol. The Labute approximate surface area is 124 Å². The van der Waals surface area contributed by atoms with Crippen molar-refractivity contribution < 1.29 is 14.3 Å². The number of hydrogen-bond donors (Lipinski definition) is 0. The van der Waals surface area contributed by atoms with Crippen LogP contribution in [0.25, 0.3) is 0 Å². The lowest BCUT2D eigenvalue weighted by Crippen LogP contribution is -2.52. The lowest BCUT2D eigenvalue weighted by Gasteiger charge is -2.37. The van der Waals surface area contributed by atoms with Gasteiger partial charge >= 0.3 is 0 Å². The summed E-state index contributed by atoms with van der Waals surface area (Å²) in [6.07, 6.45) is 0.428. The van der Waals surface area contributed by atoms with Crippen LogP contribution in [0.1, 0.15) is 20.3 Å². The summed E-state index contributed by atoms with van der Waals surface area (Å²) in [5, 5.41) is 0. The van der Waals surface area contributed by atoms with Crippen molar-refractivity contribution in [1.82, 2.24) is 4.90 Å². The summed E-state index contributed by atoms with van der Waals surface area (Å²) in [7, 11) is 0. The fourth-order valence-corrected chi connectivity index (χ4v) is 3.22. The van der Waals surface area contributed by atoms with Gasteiger partial charge in [0.05, 0.1) is 30.4 Å². The summed E-state index contributed by atoms with van der Waals surface area (Å²) in [6.45, 7) is 5.38. The van der Waals surface area contributed by atoms with Crippen LogP contribution in [-0.2, 0) is 14.3 Å². The standard InChI is InChI=1S/C16H20N2O3/c1-11-9-17(10-12(2)21-11)14-8-15(19)18(16(14)20)13-6-4-3-5-7-13/h3-7,11-12,14H,8-10H2,1-2H3/t11-,12-,14+/m0/s1. The first-order valence-electron chi connectivity index (χ1n) is 7.37. The number of carbonyl (C=O) groups is 2. The van der Waals surface area contributed by atoms with Gasteiger partial charge in [0.2, 0.25) is 5.91 Å². The number of nitrogens with zero attached hydrogens (tertiary/aromatic N) is 2. The lowest BCUT2D eigenvalue weighted by atomic mass is 10.1. The molecule has 1 aromatic carbocycles. The summed E-state index contributed by atoms with van der Waals surface area (Å²) in [4.78, 5) is 28.3. The summed E-state index contributed by atoms with van der Waals surface area (Å²) in [6, 6.07) is 8.78. The Balaban J connectivity index is 1.80. The topological polar surface area (TPSA) is 49.9 Å². The van der Waals surface area contributed by atoms with Crippen LogP contribution < -0.4 is 4.90 Å². The van der Waals surface area contributed by atoms with Gasteiger partial charge in [0.1, 0.15) is 0 Å². The highest BCUT2D eigenvalue weighted by molar-refractivity contribution is 6.22. The van der Waals surface area contributed by atoms with E-state index in [1.54, 1.807) is 12.1 Å². The van der Waals surface area contributed by atoms with Gasteiger partial charge in [-0.1, -0.05) is 18.2 Å². The molecule has 0 unspecified atom stereocenters. The number of para-hydroxylation sites is 1. The van der Waals surface area contributed by atoms with Gasteiger partial charge in [-0.3, -0.25) is 14.5 Å². The normalized spacial score (nSPS) is 31.0. The summed E-state index contributed by atoms with van der Waals surface area (Å²) in [5.74, 6) is -0.240. The van der Waals surface area contributed by atoms with Crippen LogP contribution in [0.5, 0.6) is 0 Å². The maximum absolute atomic E-state index is 12.7. The van der Waals surface area contributed by atoms with Crippen LogP contribution >= 0.6 is 0 Å². The molecule has 0 bridgehead atoms. The highest BCUT2D eigenvalue weighted by Gasteiger charge is 2.44. The molecule has 1 aromatic rings. The molecule has 0 radical (unpaired) electrons. The number of benzene rings is 1. The van der Waals surface area contributed by atoms with Crippen molar-refractivity contribution in [3.8, 4) is 0 Å². The van der Waals surface area contributed by atoms with Gasteiger partial charge in [0, 0.05) is 13.1 Å². The van der Waals surface area contributed by atoms with E-state index in [0.29, 0.717) is 18.8 Å². The fraction of sp³-hybridized carbons (Fsp3) is 0.500. The maximum Gasteiger partial charge on any atom is 0.251 e. The van der Waals surface area contributed by atoms with Gasteiger partial charge in [-0.15, -0.1) is 0 Å². The molecule has 112 valence electrons. The molecule has 0 aromatic heterocycles. The van der Waals surface area contributed by atoms with Crippen molar-refractivity contribution in [1.29, 1.82) is 0 Å². The third kappa shape index (κ3) is 2.71. The van der Waals surface area contributed by atoms with Crippen molar-refractivity contribution in [2.75, 3.05) is 18.0 Å². The Morgan fingerprint density at radius 3 is 2.29 bits per heavy atom. The summed E-state index contributed by atoms with van der Waals surface area (Å²) >= 11 is 0. The first-order valence-corrected chi connectivity index (χ1v) is 7.37. The van der Waals surface area contributed by atoms with Gasteiger partial charge in [-0.25, -0.2) is 4.90 Å². The molecule has 5 heteroatoms. The average molecular weight is 288 g/mol. The van der Waals surface area contributed by atoms with Crippen LogP contribution in [0.15, 0.2) is 30.3 Å². The third-order valence-corrected chi connectivity index (χ3v) is 4.03. The molecule has 2 aliphatic heterocycles. The number of anilines is 1. The summed E-state index contributed by atoms with van der Waals surface area (Å²) < 4.78 is 5.70. The zero-order valence-corrected chi connectivity index (χ0v) is 12.4. The Bertz CT molecular complexity index is 536. The van der Waals surface area contributed by atoms with Crippen LogP contribution in [0.2, 0.25) is 0 Å². The molecule has 3 rings (SSSR count). The predicted molar refractivity (Wildman–Crippen MR) is 78.9 cm³/mol. The molecule has 0 N–H and O–H groups in total. The van der Waals surface area contributed by atoms with E-state index in [-0.39, 0.29) is 36.5 Å². The second-order valence-electron chi connectivity index (χ2n) is 5.83. The van der Waals surface area contributed by atoms with E-state index < -0.39 is 0 Å². The highest BCUT2D eigenvalue weighted by atomic mass is 16.5. The second-order valence-corrected chi connectivity index (χ2v) is 5.83. The molecule has 2 heterocycles. The van der Waals surface area contributed by atoms with E-state index >= 15 is 0 Å². The Kier molecular flexibility index (Phi) is 3.78. The van der Waals surface area contributed by atoms with Gasteiger partial charge in [0.25, 0.3) is 5.91 Å². The minimum Gasteiger partial charge on any atom is -0.373 e. The number of amides is 2. The minimum absolute atomic E-state index is 0.0856. The first-order chi connectivity index (χ1) is 10.1. The molecule has 2 saturated heterocycles. The SMILES string of the molecule is C[C@H]1CN([C@@H]2CC(=O)N(c3ccccc3)C2=O)C[C@H](C)O1. The number of morpholine rings is 1. The Morgan fingerprint density at radius 2 is 1.67 bits per heavy atom. The number of ether oxygens (including phenoxy) is 1. The van der Waals surface area contributed by atoms with E-state index in [2.05, 4.69) is 4.90 Å². The van der Waals surface area contributed by atoms with Crippen molar-refractivity contribution in [3.05, 3.63) is 30.3 Å². The highest BCUT2D eigenvalue weighted by Crippen LogP contribution is 2.27. The minimum atomic E-state index is -0.355. The molecule has 2 fully saturated rings. The van der Waals surface area contributed by atoms with Gasteiger partial charge in [-0.05, 0) is 26.0 Å². The van der Waals surface area contributed by atoms with Gasteiger partial charge in [-0.2, -0.15) is 0 Å². The largest absolute Gasteiger partial charge is 0.373 e. The molecule has 2 amide bonds. The lowest BCUT2D eigenvalue weighted by molar-refractivity contribution is -0.127. The molecule has 0 spiro atoms. The zero-order valence-electron chi connectivity index (χ0n) is 12.4. The van der Waals surface area contributed by atoms with Gasteiger partial charge < -0.3 is 4.74 Å². The van der Waals surface area contributed by atoms with Crippen molar-refractivity contribution in [3.63, 3.8) is 0 Å². The van der Waals surface area contributed by atoms with Crippen molar-refractivity contribution in [2.45, 2.75) is 38.5 Å². The van der Waals surface area contributed by atoms with Gasteiger partial charge in [0.15, 0.2) is 0 Å². The Hall–Kier alpha value is -1.72. The molecule has 3 atom stereocenters. The van der Waals surface area contributed by atoms with Crippen LogP contribution in [-0.4, -0.2) is 48.1 Å². The quantitative estimate of drug-likeness (QED) is 0.773. The molecule has 0 saturated carbocycles. The predicted octanol–water partition coefficient (Wildman–Crippen LogP) is 1.43. The fourth-order valence-electron chi connectivity index (χ4n) is 3.22. The zero-order chi connectivity index (χ0) is 15.0. The Morgan fingerprint density at radius 1 is 1.05 bits per heavy atom. The van der Waals surface area contributed by atoms with E-state index in [0.717, 1.165) is 0 Å². The van der Waals surface area contributed by atoms with E-state index in [1.165, 1.54) is 4.90 Å². The average Bonchev–Trinajstić information content (AvgIpc) is 2.74. The number of rotatable bonds is 2. The van der Waals surface area contributed by atoms with Crippen LogP contribution in [0.4, 0.5) is 5.69 Å². The molecule has 0 aliphatic carbocycles.